The normalized spacial score (nSPS) is 21.8. The molecule has 0 unspecified atom stereocenters. The molecule has 3 rings (SSSR count). The molecule has 1 aromatic rings. The number of nitrogens with zero attached hydrogens (tertiary/aromatic N) is 3. The lowest BCUT2D eigenvalue weighted by Gasteiger charge is -2.39. The van der Waals surface area contributed by atoms with Crippen molar-refractivity contribution in [2.45, 2.75) is 56.9 Å². The molecule has 7 nitrogen and oxygen atoms in total. The van der Waals surface area contributed by atoms with E-state index in [1.54, 1.807) is 27.1 Å². The SMILES string of the molecule is CN=C(NCc1ccnc(OC2CCCC2)c1)N1CCS(=O)(=O)C(C)(C)C1.I. The fourth-order valence-corrected chi connectivity index (χ4v) is 5.01. The number of nitrogens with one attached hydrogen (secondary N) is 1. The van der Waals surface area contributed by atoms with Crippen LogP contribution in [0.4, 0.5) is 0 Å². The van der Waals surface area contributed by atoms with Gasteiger partial charge in [-0.15, -0.1) is 24.0 Å². The maximum atomic E-state index is 12.2. The van der Waals surface area contributed by atoms with Crippen molar-refractivity contribution in [2.24, 2.45) is 4.99 Å². The Hall–Kier alpha value is -1.10. The van der Waals surface area contributed by atoms with Crippen LogP contribution < -0.4 is 10.1 Å². The van der Waals surface area contributed by atoms with Crippen LogP contribution in [0.5, 0.6) is 5.88 Å². The maximum Gasteiger partial charge on any atom is 0.213 e. The number of hydrogen-bond acceptors (Lipinski definition) is 5. The van der Waals surface area contributed by atoms with Crippen LogP contribution in [-0.2, 0) is 16.4 Å². The standard InChI is InChI=1S/C19H30N4O3S.HI/c1-19(2)14-23(10-11-27(19,24)25)18(20-3)22-13-15-8-9-21-17(12-15)26-16-6-4-5-7-16;/h8-9,12,16H,4-7,10-11,13-14H2,1-3H3,(H,20,22);1H. The Morgan fingerprint density at radius 3 is 2.75 bits per heavy atom. The molecule has 0 atom stereocenters. The van der Waals surface area contributed by atoms with Gasteiger partial charge in [0.1, 0.15) is 6.10 Å². The van der Waals surface area contributed by atoms with Crippen LogP contribution in [0.15, 0.2) is 23.3 Å². The summed E-state index contributed by atoms with van der Waals surface area (Å²) in [6.07, 6.45) is 6.70. The molecule has 0 amide bonds. The second-order valence-corrected chi connectivity index (χ2v) is 10.7. The molecule has 9 heteroatoms. The van der Waals surface area contributed by atoms with Crippen molar-refractivity contribution >= 4 is 39.8 Å². The Labute approximate surface area is 185 Å². The van der Waals surface area contributed by atoms with Gasteiger partial charge < -0.3 is 15.0 Å². The van der Waals surface area contributed by atoms with Crippen LogP contribution in [0.1, 0.15) is 45.1 Å². The van der Waals surface area contributed by atoms with Gasteiger partial charge in [-0.1, -0.05) is 0 Å². The molecule has 2 fully saturated rings. The van der Waals surface area contributed by atoms with Crippen LogP contribution in [0.25, 0.3) is 0 Å². The predicted molar refractivity (Wildman–Crippen MR) is 122 cm³/mol. The number of aromatic nitrogens is 1. The average Bonchev–Trinajstić information content (AvgIpc) is 3.12. The lowest BCUT2D eigenvalue weighted by atomic mass is 10.2. The molecule has 1 aromatic heterocycles. The zero-order valence-electron chi connectivity index (χ0n) is 16.8. The Balaban J connectivity index is 0.00000280. The largest absolute Gasteiger partial charge is 0.474 e. The fourth-order valence-electron chi connectivity index (χ4n) is 3.64. The van der Waals surface area contributed by atoms with Crippen molar-refractivity contribution in [3.05, 3.63) is 23.9 Å². The zero-order chi connectivity index (χ0) is 19.5. The van der Waals surface area contributed by atoms with E-state index in [0.717, 1.165) is 18.4 Å². The molecule has 1 saturated heterocycles. The average molecular weight is 522 g/mol. The Morgan fingerprint density at radius 2 is 2.11 bits per heavy atom. The van der Waals surface area contributed by atoms with Gasteiger partial charge in [-0.2, -0.15) is 0 Å². The van der Waals surface area contributed by atoms with Gasteiger partial charge in [0.15, 0.2) is 15.8 Å². The smallest absolute Gasteiger partial charge is 0.213 e. The molecule has 0 radical (unpaired) electrons. The van der Waals surface area contributed by atoms with Crippen LogP contribution in [0.3, 0.4) is 0 Å². The van der Waals surface area contributed by atoms with E-state index in [1.165, 1.54) is 12.8 Å². The van der Waals surface area contributed by atoms with E-state index in [9.17, 15) is 8.42 Å². The van der Waals surface area contributed by atoms with Gasteiger partial charge >= 0.3 is 0 Å². The molecule has 0 spiro atoms. The summed E-state index contributed by atoms with van der Waals surface area (Å²) in [7, 11) is -1.35. The number of pyridine rings is 1. The number of guanidine groups is 1. The summed E-state index contributed by atoms with van der Waals surface area (Å²) in [5, 5.41) is 3.34. The van der Waals surface area contributed by atoms with Gasteiger partial charge in [0.2, 0.25) is 5.88 Å². The molecule has 28 heavy (non-hydrogen) atoms. The summed E-state index contributed by atoms with van der Waals surface area (Å²) in [4.78, 5) is 10.7. The van der Waals surface area contributed by atoms with Gasteiger partial charge in [0, 0.05) is 38.9 Å². The highest BCUT2D eigenvalue weighted by Crippen LogP contribution is 2.24. The van der Waals surface area contributed by atoms with E-state index >= 15 is 0 Å². The van der Waals surface area contributed by atoms with Gasteiger partial charge in [-0.3, -0.25) is 4.99 Å². The highest BCUT2D eigenvalue weighted by Gasteiger charge is 2.40. The van der Waals surface area contributed by atoms with Crippen molar-refractivity contribution in [1.82, 2.24) is 15.2 Å². The summed E-state index contributed by atoms with van der Waals surface area (Å²) in [6, 6.07) is 3.91. The molecule has 1 aliphatic heterocycles. The number of ether oxygens (including phenoxy) is 1. The van der Waals surface area contributed by atoms with Crippen molar-refractivity contribution in [3.8, 4) is 5.88 Å². The molecular weight excluding hydrogens is 491 g/mol. The third-order valence-corrected chi connectivity index (χ3v) is 7.93. The number of hydrogen-bond donors (Lipinski definition) is 1. The van der Waals surface area contributed by atoms with Gasteiger partial charge in [0.25, 0.3) is 0 Å². The fraction of sp³-hybridized carbons (Fsp3) is 0.684. The van der Waals surface area contributed by atoms with Gasteiger partial charge in [0.05, 0.1) is 10.5 Å². The Kier molecular flexibility index (Phi) is 7.95. The van der Waals surface area contributed by atoms with Crippen LogP contribution >= 0.6 is 24.0 Å². The first-order valence-electron chi connectivity index (χ1n) is 9.60. The summed E-state index contributed by atoms with van der Waals surface area (Å²) < 4.78 is 29.6. The predicted octanol–water partition coefficient (Wildman–Crippen LogP) is 2.61. The maximum absolute atomic E-state index is 12.2. The third-order valence-electron chi connectivity index (χ3n) is 5.39. The highest BCUT2D eigenvalue weighted by molar-refractivity contribution is 14.0. The molecule has 1 saturated carbocycles. The molecule has 1 aliphatic carbocycles. The monoisotopic (exact) mass is 522 g/mol. The topological polar surface area (TPSA) is 83.9 Å². The minimum Gasteiger partial charge on any atom is -0.474 e. The first-order valence-corrected chi connectivity index (χ1v) is 11.3. The minimum atomic E-state index is -3.07. The number of aliphatic imine (C=N–C) groups is 1. The molecular formula is C19H31IN4O3S. The third kappa shape index (κ3) is 5.49. The van der Waals surface area contributed by atoms with Crippen LogP contribution in [-0.4, -0.2) is 61.0 Å². The molecule has 0 bridgehead atoms. The van der Waals surface area contributed by atoms with Crippen LogP contribution in [0, 0.1) is 0 Å². The van der Waals surface area contributed by atoms with E-state index in [4.69, 9.17) is 4.74 Å². The lowest BCUT2D eigenvalue weighted by molar-refractivity contribution is 0.201. The van der Waals surface area contributed by atoms with E-state index in [1.807, 2.05) is 17.0 Å². The van der Waals surface area contributed by atoms with Crippen molar-refractivity contribution < 1.29 is 13.2 Å². The van der Waals surface area contributed by atoms with E-state index in [0.29, 0.717) is 31.5 Å². The van der Waals surface area contributed by atoms with Crippen LogP contribution in [0.2, 0.25) is 0 Å². The summed E-state index contributed by atoms with van der Waals surface area (Å²) in [6.45, 7) is 5.02. The zero-order valence-corrected chi connectivity index (χ0v) is 20.0. The van der Waals surface area contributed by atoms with Crippen molar-refractivity contribution in [1.29, 1.82) is 0 Å². The summed E-state index contributed by atoms with van der Waals surface area (Å²) in [5.74, 6) is 1.53. The second kappa shape index (κ2) is 9.60. The minimum absolute atomic E-state index is 0. The van der Waals surface area contributed by atoms with Crippen molar-refractivity contribution in [3.63, 3.8) is 0 Å². The first-order chi connectivity index (χ1) is 12.8. The molecule has 158 valence electrons. The lowest BCUT2D eigenvalue weighted by Crippen LogP contribution is -2.57. The Bertz CT molecular complexity index is 792. The van der Waals surface area contributed by atoms with Crippen molar-refractivity contribution in [2.75, 3.05) is 25.9 Å². The Morgan fingerprint density at radius 1 is 1.39 bits per heavy atom. The second-order valence-electron chi connectivity index (χ2n) is 7.93. The molecule has 2 aliphatic rings. The summed E-state index contributed by atoms with van der Waals surface area (Å²) in [5.41, 5.74) is 1.06. The first kappa shape index (κ1) is 23.2. The molecule has 0 aromatic carbocycles. The number of rotatable bonds is 4. The summed E-state index contributed by atoms with van der Waals surface area (Å²) >= 11 is 0. The van der Waals surface area contributed by atoms with E-state index in [-0.39, 0.29) is 35.8 Å². The van der Waals surface area contributed by atoms with Gasteiger partial charge in [-0.05, 0) is 51.2 Å². The molecule has 2 heterocycles. The highest BCUT2D eigenvalue weighted by atomic mass is 127. The van der Waals surface area contributed by atoms with E-state index in [2.05, 4.69) is 15.3 Å². The molecule has 1 N–H and O–H groups in total. The quantitative estimate of drug-likeness (QED) is 0.372. The number of sulfone groups is 1. The van der Waals surface area contributed by atoms with E-state index < -0.39 is 14.6 Å². The number of halogens is 1. The van der Waals surface area contributed by atoms with Gasteiger partial charge in [-0.25, -0.2) is 13.4 Å².